The molecule has 1 aliphatic heterocycles. The van der Waals surface area contributed by atoms with E-state index in [1.807, 2.05) is 49.4 Å². The van der Waals surface area contributed by atoms with Crippen molar-refractivity contribution in [1.82, 2.24) is 4.57 Å². The summed E-state index contributed by atoms with van der Waals surface area (Å²) in [4.78, 5) is 45.0. The molecule has 4 aromatic rings. The van der Waals surface area contributed by atoms with E-state index in [-0.39, 0.29) is 47.5 Å². The minimum Gasteiger partial charge on any atom is -0.494 e. The van der Waals surface area contributed by atoms with Crippen molar-refractivity contribution in [3.63, 3.8) is 0 Å². The highest BCUT2D eigenvalue weighted by Gasteiger charge is 2.35. The minimum absolute atomic E-state index is 0.146. The van der Waals surface area contributed by atoms with Gasteiger partial charge in [-0.3, -0.25) is 9.36 Å². The van der Waals surface area contributed by atoms with Gasteiger partial charge in [-0.15, -0.1) is 0 Å². The standard InChI is InChI=1S/C35H33ClN2O8S/c1-5-43-24-15-13-23(14-16-24)31-29(34(41)45-7-3)30(22-11-9-8-10-12-22)37-35-38(31)33(40)27(47-35)19-21-17-25(36)32(26(18-21)42-4)46-20-28(39)44-6-2/h8-19,31H,5-7,20H2,1-4H3/b27-19-/t31-/m1/s1. The summed E-state index contributed by atoms with van der Waals surface area (Å²) in [5.74, 6) is -0.0192. The van der Waals surface area contributed by atoms with Gasteiger partial charge in [-0.25, -0.2) is 14.6 Å². The Morgan fingerprint density at radius 3 is 2.34 bits per heavy atom. The number of ether oxygens (including phenoxy) is 5. The van der Waals surface area contributed by atoms with E-state index < -0.39 is 18.0 Å². The maximum Gasteiger partial charge on any atom is 0.344 e. The number of benzene rings is 3. The predicted octanol–water partition coefficient (Wildman–Crippen LogP) is 4.94. The van der Waals surface area contributed by atoms with Crippen LogP contribution >= 0.6 is 22.9 Å². The van der Waals surface area contributed by atoms with Crippen LogP contribution in [0.4, 0.5) is 0 Å². The lowest BCUT2D eigenvalue weighted by molar-refractivity contribution is -0.145. The van der Waals surface area contributed by atoms with E-state index in [4.69, 9.17) is 40.3 Å². The molecule has 0 fully saturated rings. The first-order valence-electron chi connectivity index (χ1n) is 15.0. The second-order valence-electron chi connectivity index (χ2n) is 10.1. The van der Waals surface area contributed by atoms with Crippen LogP contribution < -0.4 is 29.1 Å². The first kappa shape index (κ1) is 33.5. The zero-order chi connectivity index (χ0) is 33.5. The van der Waals surface area contributed by atoms with Crippen LogP contribution in [0.1, 0.15) is 43.5 Å². The SMILES string of the molecule is CCOC(=O)COc1c(Cl)cc(/C=c2\sc3n(c2=O)[C@H](c2ccc(OCC)cc2)C(C(=O)OCC)=C(c2ccccc2)N=3)cc1OC. The van der Waals surface area contributed by atoms with E-state index in [2.05, 4.69) is 0 Å². The van der Waals surface area contributed by atoms with Crippen LogP contribution in [0, 0.1) is 0 Å². The summed E-state index contributed by atoms with van der Waals surface area (Å²) in [7, 11) is 1.44. The van der Waals surface area contributed by atoms with Crippen LogP contribution in [0.15, 0.2) is 82.1 Å². The number of esters is 2. The van der Waals surface area contributed by atoms with Crippen molar-refractivity contribution in [1.29, 1.82) is 0 Å². The fraction of sp³-hybridized carbons (Fsp3) is 0.257. The Balaban J connectivity index is 1.69. The summed E-state index contributed by atoms with van der Waals surface area (Å²) in [6.45, 7) is 5.84. The average molecular weight is 677 g/mol. The lowest BCUT2D eigenvalue weighted by Gasteiger charge is -2.26. The molecule has 1 aromatic heterocycles. The van der Waals surface area contributed by atoms with E-state index >= 15 is 0 Å². The molecule has 0 unspecified atom stereocenters. The maximum absolute atomic E-state index is 14.2. The average Bonchev–Trinajstić information content (AvgIpc) is 3.38. The van der Waals surface area contributed by atoms with E-state index in [0.29, 0.717) is 44.1 Å². The zero-order valence-corrected chi connectivity index (χ0v) is 27.9. The monoisotopic (exact) mass is 676 g/mol. The molecule has 0 saturated carbocycles. The number of aromatic nitrogens is 1. The van der Waals surface area contributed by atoms with Crippen LogP contribution in [0.3, 0.4) is 0 Å². The van der Waals surface area contributed by atoms with Crippen molar-refractivity contribution in [2.24, 2.45) is 4.99 Å². The lowest BCUT2D eigenvalue weighted by atomic mass is 9.93. The van der Waals surface area contributed by atoms with Crippen molar-refractivity contribution in [3.05, 3.63) is 114 Å². The number of thiazole rings is 1. The molecule has 0 aliphatic carbocycles. The summed E-state index contributed by atoms with van der Waals surface area (Å²) in [5.41, 5.74) is 2.24. The second-order valence-corrected chi connectivity index (χ2v) is 11.5. The Hall–Kier alpha value is -4.87. The molecule has 1 atom stereocenters. The number of methoxy groups -OCH3 is 1. The summed E-state index contributed by atoms with van der Waals surface area (Å²) in [6, 6.07) is 19.0. The van der Waals surface area contributed by atoms with Gasteiger partial charge in [0.2, 0.25) is 0 Å². The van der Waals surface area contributed by atoms with Crippen LogP contribution in [-0.2, 0) is 19.1 Å². The molecule has 5 rings (SSSR count). The third kappa shape index (κ3) is 7.26. The Morgan fingerprint density at radius 1 is 0.957 bits per heavy atom. The number of carbonyl (C=O) groups is 2. The smallest absolute Gasteiger partial charge is 0.344 e. The third-order valence-corrected chi connectivity index (χ3v) is 8.33. The highest BCUT2D eigenvalue weighted by Crippen LogP contribution is 2.37. The fourth-order valence-corrected chi connectivity index (χ4v) is 6.39. The first-order valence-corrected chi connectivity index (χ1v) is 16.2. The summed E-state index contributed by atoms with van der Waals surface area (Å²) in [6.07, 6.45) is 1.67. The predicted molar refractivity (Wildman–Crippen MR) is 179 cm³/mol. The number of rotatable bonds is 12. The van der Waals surface area contributed by atoms with E-state index in [1.54, 1.807) is 44.2 Å². The van der Waals surface area contributed by atoms with Crippen molar-refractivity contribution in [3.8, 4) is 17.2 Å². The second kappa shape index (κ2) is 15.1. The Bertz CT molecular complexity index is 1980. The fourth-order valence-electron chi connectivity index (χ4n) is 5.12. The number of hydrogen-bond donors (Lipinski definition) is 0. The van der Waals surface area contributed by atoms with Gasteiger partial charge in [0.1, 0.15) is 5.75 Å². The van der Waals surface area contributed by atoms with Crippen molar-refractivity contribution < 1.29 is 33.3 Å². The molecule has 0 radical (unpaired) electrons. The quantitative estimate of drug-likeness (QED) is 0.194. The molecular weight excluding hydrogens is 644 g/mol. The highest BCUT2D eigenvalue weighted by atomic mass is 35.5. The Kier molecular flexibility index (Phi) is 10.8. The third-order valence-electron chi connectivity index (χ3n) is 7.07. The van der Waals surface area contributed by atoms with Gasteiger partial charge >= 0.3 is 11.9 Å². The normalized spacial score (nSPS) is 14.2. The topological polar surface area (TPSA) is 115 Å². The maximum atomic E-state index is 14.2. The molecule has 244 valence electrons. The molecule has 1 aliphatic rings. The molecule has 10 nitrogen and oxygen atoms in total. The van der Waals surface area contributed by atoms with Crippen LogP contribution in [-0.4, -0.2) is 50.0 Å². The van der Waals surface area contributed by atoms with Gasteiger partial charge in [-0.2, -0.15) is 0 Å². The van der Waals surface area contributed by atoms with Gasteiger partial charge in [-0.05, 0) is 62.2 Å². The number of carbonyl (C=O) groups excluding carboxylic acids is 2. The largest absolute Gasteiger partial charge is 0.494 e. The van der Waals surface area contributed by atoms with E-state index in [9.17, 15) is 14.4 Å². The number of halogens is 1. The zero-order valence-electron chi connectivity index (χ0n) is 26.3. The van der Waals surface area contributed by atoms with Crippen LogP contribution in [0.25, 0.3) is 11.8 Å². The molecule has 12 heteroatoms. The molecule has 0 bridgehead atoms. The molecule has 3 aromatic carbocycles. The lowest BCUT2D eigenvalue weighted by Crippen LogP contribution is -2.40. The molecule has 47 heavy (non-hydrogen) atoms. The first-order chi connectivity index (χ1) is 22.8. The molecule has 0 N–H and O–H groups in total. The van der Waals surface area contributed by atoms with Crippen molar-refractivity contribution in [2.45, 2.75) is 26.8 Å². The number of fused-ring (bicyclic) bond motifs is 1. The van der Waals surface area contributed by atoms with Gasteiger partial charge in [0, 0.05) is 5.56 Å². The van der Waals surface area contributed by atoms with Gasteiger partial charge in [0.15, 0.2) is 22.9 Å². The summed E-state index contributed by atoms with van der Waals surface area (Å²) < 4.78 is 29.0. The summed E-state index contributed by atoms with van der Waals surface area (Å²) in [5, 5.41) is 0.177. The minimum atomic E-state index is -0.838. The van der Waals surface area contributed by atoms with Gasteiger partial charge in [-0.1, -0.05) is 65.4 Å². The Labute approximate surface area is 280 Å². The molecule has 0 spiro atoms. The van der Waals surface area contributed by atoms with Crippen molar-refractivity contribution >= 4 is 46.6 Å². The van der Waals surface area contributed by atoms with Crippen LogP contribution in [0.5, 0.6) is 17.2 Å². The highest BCUT2D eigenvalue weighted by molar-refractivity contribution is 7.07. The van der Waals surface area contributed by atoms with Gasteiger partial charge in [0.05, 0.1) is 53.8 Å². The molecule has 0 saturated heterocycles. The molecule has 0 amide bonds. The van der Waals surface area contributed by atoms with Crippen LogP contribution in [0.2, 0.25) is 5.02 Å². The number of hydrogen-bond acceptors (Lipinski definition) is 10. The Morgan fingerprint density at radius 2 is 1.68 bits per heavy atom. The molecular formula is C35H33ClN2O8S. The van der Waals surface area contributed by atoms with Crippen molar-refractivity contribution in [2.75, 3.05) is 33.5 Å². The molecule has 2 heterocycles. The summed E-state index contributed by atoms with van der Waals surface area (Å²) >= 11 is 7.72. The van der Waals surface area contributed by atoms with Gasteiger partial charge in [0.25, 0.3) is 5.56 Å². The number of nitrogens with zero attached hydrogens (tertiary/aromatic N) is 2. The van der Waals surface area contributed by atoms with E-state index in [0.717, 1.165) is 0 Å². The van der Waals surface area contributed by atoms with Gasteiger partial charge < -0.3 is 23.7 Å². The van der Waals surface area contributed by atoms with E-state index in [1.165, 1.54) is 23.0 Å².